The van der Waals surface area contributed by atoms with E-state index in [9.17, 15) is 9.59 Å². The second-order valence-corrected chi connectivity index (χ2v) is 5.19. The highest BCUT2D eigenvalue weighted by molar-refractivity contribution is 9.10. The molecule has 0 fully saturated rings. The van der Waals surface area contributed by atoms with E-state index in [4.69, 9.17) is 16.4 Å². The maximum absolute atomic E-state index is 11.7. The second-order valence-electron chi connectivity index (χ2n) is 3.83. The number of nitrogens with one attached hydrogen (secondary N) is 1. The van der Waals surface area contributed by atoms with Crippen LogP contribution in [-0.4, -0.2) is 11.9 Å². The van der Waals surface area contributed by atoms with Crippen LogP contribution in [0.3, 0.4) is 0 Å². The number of carbonyl (C=O) groups excluding carboxylic acids is 2. The molecule has 1 amide bonds. The Labute approximate surface area is 128 Å². The van der Waals surface area contributed by atoms with Crippen LogP contribution in [0.2, 0.25) is 5.02 Å². The molecule has 0 bridgehead atoms. The molecule has 0 saturated heterocycles. The summed E-state index contributed by atoms with van der Waals surface area (Å²) >= 11 is 8.98. The fourth-order valence-electron chi connectivity index (χ4n) is 1.40. The number of hydroxylamine groups is 1. The highest BCUT2D eigenvalue weighted by Crippen LogP contribution is 2.11. The quantitative estimate of drug-likeness (QED) is 0.838. The molecule has 0 aliphatic rings. The number of hydrogen-bond donors (Lipinski definition) is 1. The van der Waals surface area contributed by atoms with Gasteiger partial charge < -0.3 is 4.84 Å². The van der Waals surface area contributed by atoms with Crippen molar-refractivity contribution in [3.8, 4) is 0 Å². The first-order chi connectivity index (χ1) is 9.56. The second kappa shape index (κ2) is 6.54. The molecular weight excluding hydrogens is 346 g/mol. The van der Waals surface area contributed by atoms with Crippen molar-refractivity contribution < 1.29 is 14.4 Å². The Kier molecular flexibility index (Phi) is 4.76. The Hall–Kier alpha value is -1.85. The van der Waals surface area contributed by atoms with E-state index in [2.05, 4.69) is 21.4 Å². The van der Waals surface area contributed by atoms with Crippen molar-refractivity contribution in [2.75, 3.05) is 0 Å². The smallest absolute Gasteiger partial charge is 0.335 e. The molecule has 0 radical (unpaired) electrons. The molecule has 0 unspecified atom stereocenters. The Morgan fingerprint density at radius 3 is 2.10 bits per heavy atom. The van der Waals surface area contributed by atoms with Crippen molar-refractivity contribution >= 4 is 39.4 Å². The van der Waals surface area contributed by atoms with Gasteiger partial charge in [-0.05, 0) is 48.5 Å². The van der Waals surface area contributed by atoms with Crippen LogP contribution in [0.25, 0.3) is 0 Å². The third-order valence-corrected chi connectivity index (χ3v) is 3.20. The molecule has 0 saturated carbocycles. The van der Waals surface area contributed by atoms with Crippen LogP contribution >= 0.6 is 27.5 Å². The molecule has 2 aromatic carbocycles. The van der Waals surface area contributed by atoms with E-state index in [1.54, 1.807) is 36.4 Å². The number of amides is 1. The normalized spacial score (nSPS) is 9.90. The summed E-state index contributed by atoms with van der Waals surface area (Å²) in [6, 6.07) is 12.8. The Bertz CT molecular complexity index is 568. The Morgan fingerprint density at radius 1 is 0.950 bits per heavy atom. The van der Waals surface area contributed by atoms with Gasteiger partial charge in [0.1, 0.15) is 0 Å². The van der Waals surface area contributed by atoms with Crippen molar-refractivity contribution in [3.05, 3.63) is 69.2 Å². The Morgan fingerprint density at radius 2 is 1.50 bits per heavy atom. The molecule has 0 aromatic heterocycles. The highest BCUT2D eigenvalue weighted by atomic mass is 79.9. The van der Waals surface area contributed by atoms with E-state index < -0.39 is 11.9 Å². The van der Waals surface area contributed by atoms with Crippen molar-refractivity contribution in [3.63, 3.8) is 0 Å². The Balaban J connectivity index is 1.94. The zero-order chi connectivity index (χ0) is 14.5. The number of benzene rings is 2. The molecule has 102 valence electrons. The van der Waals surface area contributed by atoms with Crippen LogP contribution in [0.15, 0.2) is 53.0 Å². The lowest BCUT2D eigenvalue weighted by Gasteiger charge is -2.06. The average Bonchev–Trinajstić information content (AvgIpc) is 2.46. The minimum atomic E-state index is -0.639. The number of carbonyl (C=O) groups is 2. The van der Waals surface area contributed by atoms with E-state index in [0.717, 1.165) is 4.47 Å². The van der Waals surface area contributed by atoms with E-state index >= 15 is 0 Å². The molecule has 0 spiro atoms. The van der Waals surface area contributed by atoms with Gasteiger partial charge in [0.05, 0.1) is 5.56 Å². The van der Waals surface area contributed by atoms with Gasteiger partial charge in [-0.15, -0.1) is 0 Å². The van der Waals surface area contributed by atoms with E-state index in [1.807, 2.05) is 0 Å². The van der Waals surface area contributed by atoms with E-state index in [-0.39, 0.29) is 0 Å². The van der Waals surface area contributed by atoms with Crippen molar-refractivity contribution in [1.82, 2.24) is 5.48 Å². The minimum absolute atomic E-state index is 0.338. The summed E-state index contributed by atoms with van der Waals surface area (Å²) in [4.78, 5) is 28.1. The van der Waals surface area contributed by atoms with E-state index in [1.165, 1.54) is 12.1 Å². The third kappa shape index (κ3) is 3.82. The van der Waals surface area contributed by atoms with Gasteiger partial charge >= 0.3 is 5.97 Å². The lowest BCUT2D eigenvalue weighted by Crippen LogP contribution is -2.27. The largest absolute Gasteiger partial charge is 0.362 e. The van der Waals surface area contributed by atoms with Crippen LogP contribution in [0.1, 0.15) is 20.7 Å². The van der Waals surface area contributed by atoms with Crippen LogP contribution < -0.4 is 5.48 Å². The molecular formula is C14H9BrClNO3. The summed E-state index contributed by atoms with van der Waals surface area (Å²) in [6.07, 6.45) is 0. The zero-order valence-corrected chi connectivity index (χ0v) is 12.4. The van der Waals surface area contributed by atoms with Gasteiger partial charge in [-0.1, -0.05) is 27.5 Å². The molecule has 6 heteroatoms. The highest BCUT2D eigenvalue weighted by Gasteiger charge is 2.11. The first kappa shape index (κ1) is 14.6. The summed E-state index contributed by atoms with van der Waals surface area (Å²) in [5.41, 5.74) is 2.77. The predicted octanol–water partition coefficient (Wildman–Crippen LogP) is 3.60. The fraction of sp³-hybridized carbons (Fsp3) is 0. The average molecular weight is 355 g/mol. The summed E-state index contributed by atoms with van der Waals surface area (Å²) in [5.74, 6) is -1.16. The van der Waals surface area contributed by atoms with Crippen LogP contribution in [0.4, 0.5) is 0 Å². The molecule has 0 atom stereocenters. The van der Waals surface area contributed by atoms with Crippen LogP contribution in [-0.2, 0) is 4.84 Å². The SMILES string of the molecule is O=C(NOC(=O)c1ccc(Br)cc1)c1ccc(Cl)cc1. The zero-order valence-electron chi connectivity index (χ0n) is 10.1. The molecule has 20 heavy (non-hydrogen) atoms. The van der Waals surface area contributed by atoms with Crippen molar-refractivity contribution in [1.29, 1.82) is 0 Å². The van der Waals surface area contributed by atoms with Gasteiger partial charge in [0.2, 0.25) is 0 Å². The monoisotopic (exact) mass is 353 g/mol. The van der Waals surface area contributed by atoms with Crippen LogP contribution in [0, 0.1) is 0 Å². The number of halogens is 2. The van der Waals surface area contributed by atoms with Crippen LogP contribution in [0.5, 0.6) is 0 Å². The fourth-order valence-corrected chi connectivity index (χ4v) is 1.79. The molecule has 4 nitrogen and oxygen atoms in total. The van der Waals surface area contributed by atoms with Crippen molar-refractivity contribution in [2.24, 2.45) is 0 Å². The summed E-state index contributed by atoms with van der Waals surface area (Å²) < 4.78 is 0.847. The molecule has 0 aliphatic carbocycles. The van der Waals surface area contributed by atoms with Crippen molar-refractivity contribution in [2.45, 2.75) is 0 Å². The predicted molar refractivity (Wildman–Crippen MR) is 78.5 cm³/mol. The lowest BCUT2D eigenvalue weighted by molar-refractivity contribution is 0.0230. The standard InChI is InChI=1S/C14H9BrClNO3/c15-11-5-1-10(2-6-11)14(19)20-17-13(18)9-3-7-12(16)8-4-9/h1-8H,(H,17,18). The topological polar surface area (TPSA) is 55.4 Å². The van der Waals surface area contributed by atoms with Gasteiger partial charge in [-0.2, -0.15) is 5.48 Å². The van der Waals surface area contributed by atoms with Gasteiger partial charge in [-0.3, -0.25) is 4.79 Å². The van der Waals surface area contributed by atoms with Gasteiger partial charge in [-0.25, -0.2) is 4.79 Å². The lowest BCUT2D eigenvalue weighted by atomic mass is 10.2. The summed E-state index contributed by atoms with van der Waals surface area (Å²) in [6.45, 7) is 0. The molecule has 0 heterocycles. The maximum atomic E-state index is 11.7. The van der Waals surface area contributed by atoms with E-state index in [0.29, 0.717) is 16.1 Å². The molecule has 0 aliphatic heterocycles. The number of hydrogen-bond acceptors (Lipinski definition) is 3. The van der Waals surface area contributed by atoms with Gasteiger partial charge in [0, 0.05) is 15.1 Å². The first-order valence-corrected chi connectivity index (χ1v) is 6.76. The molecule has 2 aromatic rings. The molecule has 2 rings (SSSR count). The van der Waals surface area contributed by atoms with Gasteiger partial charge in [0.25, 0.3) is 5.91 Å². The molecule has 1 N–H and O–H groups in total. The first-order valence-electron chi connectivity index (χ1n) is 5.59. The third-order valence-electron chi connectivity index (χ3n) is 2.42. The number of rotatable bonds is 2. The summed E-state index contributed by atoms with van der Waals surface area (Å²) in [7, 11) is 0. The summed E-state index contributed by atoms with van der Waals surface area (Å²) in [5, 5.41) is 0.522. The van der Waals surface area contributed by atoms with Gasteiger partial charge in [0.15, 0.2) is 0 Å². The maximum Gasteiger partial charge on any atom is 0.362 e. The minimum Gasteiger partial charge on any atom is -0.335 e.